The van der Waals surface area contributed by atoms with Crippen molar-refractivity contribution in [2.24, 2.45) is 0 Å². The summed E-state index contributed by atoms with van der Waals surface area (Å²) in [4.78, 5) is 22.2. The summed E-state index contributed by atoms with van der Waals surface area (Å²) in [6.45, 7) is -1.13. The topological polar surface area (TPSA) is 72.8 Å². The lowest BCUT2D eigenvalue weighted by Gasteiger charge is -2.13. The van der Waals surface area contributed by atoms with Crippen LogP contribution in [-0.2, 0) is 27.2 Å². The number of hydrogen-bond acceptors (Lipinski definition) is 4. The van der Waals surface area contributed by atoms with Gasteiger partial charge in [0.25, 0.3) is 0 Å². The van der Waals surface area contributed by atoms with Crippen LogP contribution in [0.5, 0.6) is 5.75 Å². The van der Waals surface area contributed by atoms with Crippen LogP contribution in [0.25, 0.3) is 0 Å². The molecule has 0 radical (unpaired) electrons. The summed E-state index contributed by atoms with van der Waals surface area (Å²) in [5, 5.41) is 8.88. The number of carboxylic acid groups (broad SMARTS) is 1. The average molecular weight is 302 g/mol. The maximum Gasteiger partial charge on any atom is 0.387 e. The van der Waals surface area contributed by atoms with Gasteiger partial charge in [0, 0.05) is 12.0 Å². The molecule has 0 saturated heterocycles. The Balaban J connectivity index is 2.95. The number of benzene rings is 1. The zero-order valence-corrected chi connectivity index (χ0v) is 11.5. The summed E-state index contributed by atoms with van der Waals surface area (Å²) in [6.07, 6.45) is -0.221. The van der Waals surface area contributed by atoms with Gasteiger partial charge in [-0.15, -0.1) is 0 Å². The predicted octanol–water partition coefficient (Wildman–Crippen LogP) is 2.41. The van der Waals surface area contributed by atoms with Crippen LogP contribution >= 0.6 is 0 Å². The fourth-order valence-electron chi connectivity index (χ4n) is 1.87. The van der Waals surface area contributed by atoms with Gasteiger partial charge in [-0.05, 0) is 25.0 Å². The monoisotopic (exact) mass is 302 g/mol. The van der Waals surface area contributed by atoms with Crippen molar-refractivity contribution >= 4 is 11.9 Å². The number of aliphatic carboxylic acids is 1. The first kappa shape index (κ1) is 16.9. The van der Waals surface area contributed by atoms with Crippen molar-refractivity contribution in [3.63, 3.8) is 0 Å². The van der Waals surface area contributed by atoms with Crippen molar-refractivity contribution in [2.75, 3.05) is 6.61 Å². The van der Waals surface area contributed by atoms with Crippen LogP contribution in [0.1, 0.15) is 24.5 Å². The van der Waals surface area contributed by atoms with E-state index in [-0.39, 0.29) is 30.8 Å². The normalized spacial score (nSPS) is 10.5. The van der Waals surface area contributed by atoms with Gasteiger partial charge in [0.15, 0.2) is 0 Å². The SMILES string of the molecule is CCOC(=O)CCc1cccc(OC(F)F)c1CC(=O)O. The molecule has 5 nitrogen and oxygen atoms in total. The maximum absolute atomic E-state index is 12.3. The lowest BCUT2D eigenvalue weighted by molar-refractivity contribution is -0.143. The molecule has 0 unspecified atom stereocenters. The summed E-state index contributed by atoms with van der Waals surface area (Å²) in [5.41, 5.74) is 0.623. The summed E-state index contributed by atoms with van der Waals surface area (Å²) in [7, 11) is 0. The third-order valence-corrected chi connectivity index (χ3v) is 2.68. The van der Waals surface area contributed by atoms with Gasteiger partial charge in [-0.2, -0.15) is 8.78 Å². The van der Waals surface area contributed by atoms with E-state index in [2.05, 4.69) is 4.74 Å². The summed E-state index contributed by atoms with van der Waals surface area (Å²) in [5.74, 6) is -1.79. The largest absolute Gasteiger partial charge is 0.481 e. The quantitative estimate of drug-likeness (QED) is 0.747. The minimum Gasteiger partial charge on any atom is -0.481 e. The molecule has 0 spiro atoms. The molecular weight excluding hydrogens is 286 g/mol. The number of carboxylic acids is 1. The zero-order chi connectivity index (χ0) is 15.8. The maximum atomic E-state index is 12.3. The molecule has 0 bridgehead atoms. The fourth-order valence-corrected chi connectivity index (χ4v) is 1.87. The van der Waals surface area contributed by atoms with E-state index < -0.39 is 25.0 Å². The molecule has 0 amide bonds. The molecule has 0 aliphatic rings. The van der Waals surface area contributed by atoms with E-state index >= 15 is 0 Å². The van der Waals surface area contributed by atoms with Crippen LogP contribution in [0.15, 0.2) is 18.2 Å². The number of ether oxygens (including phenoxy) is 2. The van der Waals surface area contributed by atoms with Crippen LogP contribution in [-0.4, -0.2) is 30.3 Å². The van der Waals surface area contributed by atoms with E-state index in [1.165, 1.54) is 12.1 Å². The van der Waals surface area contributed by atoms with E-state index in [1.807, 2.05) is 0 Å². The molecule has 21 heavy (non-hydrogen) atoms. The third kappa shape index (κ3) is 5.76. The molecule has 7 heteroatoms. The van der Waals surface area contributed by atoms with Crippen molar-refractivity contribution in [3.05, 3.63) is 29.3 Å². The standard InChI is InChI=1S/C14H16F2O5/c1-2-20-13(19)7-6-9-4-3-5-11(21-14(15)16)10(9)8-12(17)18/h3-5,14H,2,6-8H2,1H3,(H,17,18). The van der Waals surface area contributed by atoms with Crippen LogP contribution in [0.3, 0.4) is 0 Å². The van der Waals surface area contributed by atoms with E-state index in [0.29, 0.717) is 5.56 Å². The second-order valence-corrected chi connectivity index (χ2v) is 4.15. The number of aryl methyl sites for hydroxylation is 1. The van der Waals surface area contributed by atoms with E-state index in [4.69, 9.17) is 9.84 Å². The minimum atomic E-state index is -3.04. The number of halogens is 2. The molecule has 0 aliphatic heterocycles. The summed E-state index contributed by atoms with van der Waals surface area (Å²) < 4.78 is 33.8. The van der Waals surface area contributed by atoms with Crippen LogP contribution in [0.2, 0.25) is 0 Å². The van der Waals surface area contributed by atoms with E-state index in [9.17, 15) is 18.4 Å². The first-order valence-corrected chi connectivity index (χ1v) is 6.37. The molecule has 1 aromatic rings. The van der Waals surface area contributed by atoms with E-state index in [1.54, 1.807) is 13.0 Å². The number of hydrogen-bond donors (Lipinski definition) is 1. The fraction of sp³-hybridized carbons (Fsp3) is 0.429. The Hall–Kier alpha value is -2.18. The highest BCUT2D eigenvalue weighted by Crippen LogP contribution is 2.26. The summed E-state index contributed by atoms with van der Waals surface area (Å²) >= 11 is 0. The highest BCUT2D eigenvalue weighted by molar-refractivity contribution is 5.73. The van der Waals surface area contributed by atoms with Crippen molar-refractivity contribution in [1.29, 1.82) is 0 Å². The highest BCUT2D eigenvalue weighted by Gasteiger charge is 2.17. The molecule has 0 aromatic heterocycles. The van der Waals surface area contributed by atoms with Crippen LogP contribution in [0, 0.1) is 0 Å². The first-order chi connectivity index (χ1) is 9.93. The smallest absolute Gasteiger partial charge is 0.387 e. The van der Waals surface area contributed by atoms with Crippen LogP contribution < -0.4 is 4.74 Å². The third-order valence-electron chi connectivity index (χ3n) is 2.68. The molecule has 1 N–H and O–H groups in total. The first-order valence-electron chi connectivity index (χ1n) is 6.37. The Bertz CT molecular complexity index is 502. The second-order valence-electron chi connectivity index (χ2n) is 4.15. The van der Waals surface area contributed by atoms with Crippen molar-refractivity contribution < 1.29 is 33.0 Å². The Morgan fingerprint density at radius 3 is 2.62 bits per heavy atom. The Labute approximate surface area is 120 Å². The molecule has 0 aliphatic carbocycles. The molecule has 0 atom stereocenters. The van der Waals surface area contributed by atoms with Crippen molar-refractivity contribution in [2.45, 2.75) is 32.8 Å². The Morgan fingerprint density at radius 1 is 1.33 bits per heavy atom. The summed E-state index contributed by atoms with van der Waals surface area (Å²) in [6, 6.07) is 4.33. The van der Waals surface area contributed by atoms with Crippen molar-refractivity contribution in [1.82, 2.24) is 0 Å². The van der Waals surface area contributed by atoms with Gasteiger partial charge in [0.2, 0.25) is 0 Å². The number of esters is 1. The van der Waals surface area contributed by atoms with E-state index in [0.717, 1.165) is 0 Å². The second kappa shape index (κ2) is 8.18. The van der Waals surface area contributed by atoms with Gasteiger partial charge < -0.3 is 14.6 Å². The molecular formula is C14H16F2O5. The van der Waals surface area contributed by atoms with Gasteiger partial charge in [0.05, 0.1) is 13.0 Å². The average Bonchev–Trinajstić information content (AvgIpc) is 2.38. The zero-order valence-electron chi connectivity index (χ0n) is 11.5. The minimum absolute atomic E-state index is 0.0403. The lowest BCUT2D eigenvalue weighted by atomic mass is 9.99. The van der Waals surface area contributed by atoms with Gasteiger partial charge >= 0.3 is 18.6 Å². The van der Waals surface area contributed by atoms with Gasteiger partial charge in [-0.3, -0.25) is 9.59 Å². The highest BCUT2D eigenvalue weighted by atomic mass is 19.3. The van der Waals surface area contributed by atoms with Gasteiger partial charge in [-0.25, -0.2) is 0 Å². The Morgan fingerprint density at radius 2 is 2.05 bits per heavy atom. The number of alkyl halides is 2. The molecule has 1 aromatic carbocycles. The van der Waals surface area contributed by atoms with Crippen LogP contribution in [0.4, 0.5) is 8.78 Å². The number of rotatable bonds is 8. The molecule has 1 rings (SSSR count). The predicted molar refractivity (Wildman–Crippen MR) is 69.4 cm³/mol. The number of carbonyl (C=O) groups excluding carboxylic acids is 1. The molecule has 0 saturated carbocycles. The molecule has 116 valence electrons. The Kier molecular flexibility index (Phi) is 6.58. The lowest BCUT2D eigenvalue weighted by Crippen LogP contribution is -2.11. The number of carbonyl (C=O) groups is 2. The molecule has 0 heterocycles. The molecule has 0 fully saturated rings. The van der Waals surface area contributed by atoms with Crippen molar-refractivity contribution in [3.8, 4) is 5.75 Å². The van der Waals surface area contributed by atoms with Gasteiger partial charge in [0.1, 0.15) is 5.75 Å². The van der Waals surface area contributed by atoms with Gasteiger partial charge in [-0.1, -0.05) is 12.1 Å².